The standard InChI is InChI=1S/C26H21F6N3O2/c1-14(2)11-22(24(36)37)16-5-9-19(20-10-8-18(26(30,31)32)13-23(20)34-35-33)21(12-16)15-3-6-17(7-4-15)25(27,28)29/h3-10,12-14,22H,11H2,1-2H3,(H,36,37). The molecule has 0 bridgehead atoms. The van der Waals surface area contributed by atoms with E-state index in [4.69, 9.17) is 5.53 Å². The smallest absolute Gasteiger partial charge is 0.416 e. The van der Waals surface area contributed by atoms with Crippen molar-refractivity contribution < 1.29 is 36.2 Å². The SMILES string of the molecule is CC(C)CC(C(=O)O)c1ccc(-c2ccc(C(F)(F)F)cc2N=[N+]=[N-])c(-c2ccc(C(F)(F)F)cc2)c1. The molecule has 0 aliphatic rings. The van der Waals surface area contributed by atoms with Gasteiger partial charge in [-0.3, -0.25) is 4.79 Å². The molecule has 11 heteroatoms. The maximum absolute atomic E-state index is 13.3. The molecular weight excluding hydrogens is 500 g/mol. The summed E-state index contributed by atoms with van der Waals surface area (Å²) in [4.78, 5) is 14.6. The van der Waals surface area contributed by atoms with Crippen molar-refractivity contribution in [1.82, 2.24) is 0 Å². The fourth-order valence-electron chi connectivity index (χ4n) is 4.01. The predicted molar refractivity (Wildman–Crippen MR) is 126 cm³/mol. The van der Waals surface area contributed by atoms with Gasteiger partial charge in [0.15, 0.2) is 0 Å². The Labute approximate surface area is 208 Å². The van der Waals surface area contributed by atoms with Gasteiger partial charge in [-0.1, -0.05) is 49.3 Å². The van der Waals surface area contributed by atoms with Crippen LogP contribution in [0, 0.1) is 5.92 Å². The van der Waals surface area contributed by atoms with Crippen LogP contribution < -0.4 is 0 Å². The molecule has 0 radical (unpaired) electrons. The summed E-state index contributed by atoms with van der Waals surface area (Å²) in [5.74, 6) is -2.00. The van der Waals surface area contributed by atoms with E-state index in [1.807, 2.05) is 13.8 Å². The molecule has 3 aromatic carbocycles. The molecular formula is C26H21F6N3O2. The van der Waals surface area contributed by atoms with Crippen LogP contribution in [0.15, 0.2) is 65.8 Å². The van der Waals surface area contributed by atoms with Crippen LogP contribution in [0.3, 0.4) is 0 Å². The average molecular weight is 521 g/mol. The highest BCUT2D eigenvalue weighted by Crippen LogP contribution is 2.43. The van der Waals surface area contributed by atoms with Gasteiger partial charge in [-0.15, -0.1) is 0 Å². The van der Waals surface area contributed by atoms with Crippen LogP contribution >= 0.6 is 0 Å². The fourth-order valence-corrected chi connectivity index (χ4v) is 4.01. The lowest BCUT2D eigenvalue weighted by Gasteiger charge is -2.20. The van der Waals surface area contributed by atoms with Gasteiger partial charge in [-0.05, 0) is 76.0 Å². The highest BCUT2D eigenvalue weighted by Gasteiger charge is 2.32. The number of azide groups is 1. The third-order valence-electron chi connectivity index (χ3n) is 5.74. The third kappa shape index (κ3) is 6.42. The minimum absolute atomic E-state index is 0.0155. The number of nitrogens with zero attached hydrogens (tertiary/aromatic N) is 3. The summed E-state index contributed by atoms with van der Waals surface area (Å²) in [6.07, 6.45) is -9.01. The van der Waals surface area contributed by atoms with Gasteiger partial charge in [0, 0.05) is 10.6 Å². The number of carbonyl (C=O) groups is 1. The normalized spacial score (nSPS) is 12.8. The van der Waals surface area contributed by atoms with Crippen molar-refractivity contribution in [1.29, 1.82) is 0 Å². The summed E-state index contributed by atoms with van der Waals surface area (Å²) in [6.45, 7) is 3.69. The summed E-state index contributed by atoms with van der Waals surface area (Å²) in [5, 5.41) is 13.2. The Kier molecular flexibility index (Phi) is 7.88. The summed E-state index contributed by atoms with van der Waals surface area (Å²) in [6, 6.07) is 11.2. The predicted octanol–water partition coefficient (Wildman–Crippen LogP) is 9.21. The van der Waals surface area contributed by atoms with Gasteiger partial charge in [0.25, 0.3) is 0 Å². The molecule has 194 valence electrons. The highest BCUT2D eigenvalue weighted by molar-refractivity contribution is 5.90. The largest absolute Gasteiger partial charge is 0.481 e. The van der Waals surface area contributed by atoms with E-state index in [1.54, 1.807) is 0 Å². The van der Waals surface area contributed by atoms with Crippen LogP contribution in [0.25, 0.3) is 32.7 Å². The van der Waals surface area contributed by atoms with Crippen LogP contribution in [0.4, 0.5) is 32.0 Å². The van der Waals surface area contributed by atoms with Crippen LogP contribution in [0.1, 0.15) is 42.9 Å². The van der Waals surface area contributed by atoms with E-state index < -0.39 is 35.4 Å². The number of rotatable bonds is 7. The molecule has 37 heavy (non-hydrogen) atoms. The lowest BCUT2D eigenvalue weighted by molar-refractivity contribution is -0.139. The number of carboxylic acids is 1. The maximum Gasteiger partial charge on any atom is 0.416 e. The summed E-state index contributed by atoms with van der Waals surface area (Å²) in [7, 11) is 0. The van der Waals surface area contributed by atoms with Crippen molar-refractivity contribution in [2.75, 3.05) is 0 Å². The third-order valence-corrected chi connectivity index (χ3v) is 5.74. The first kappa shape index (κ1) is 27.6. The maximum atomic E-state index is 13.3. The molecule has 0 heterocycles. The number of hydrogen-bond donors (Lipinski definition) is 1. The van der Waals surface area contributed by atoms with E-state index in [0.29, 0.717) is 11.6 Å². The molecule has 0 saturated heterocycles. The van der Waals surface area contributed by atoms with E-state index in [2.05, 4.69) is 10.0 Å². The zero-order valence-electron chi connectivity index (χ0n) is 19.6. The number of carboxylic acid groups (broad SMARTS) is 1. The summed E-state index contributed by atoms with van der Waals surface area (Å²) >= 11 is 0. The summed E-state index contributed by atoms with van der Waals surface area (Å²) < 4.78 is 79.1. The molecule has 3 aromatic rings. The molecule has 0 aromatic heterocycles. The van der Waals surface area contributed by atoms with Gasteiger partial charge in [-0.2, -0.15) is 26.3 Å². The number of alkyl halides is 6. The molecule has 1 N–H and O–H groups in total. The second kappa shape index (κ2) is 10.6. The quantitative estimate of drug-likeness (QED) is 0.145. The van der Waals surface area contributed by atoms with Crippen molar-refractivity contribution in [3.8, 4) is 22.3 Å². The monoisotopic (exact) mass is 521 g/mol. The van der Waals surface area contributed by atoms with E-state index in [0.717, 1.165) is 24.3 Å². The van der Waals surface area contributed by atoms with Crippen LogP contribution in [-0.4, -0.2) is 11.1 Å². The zero-order chi connectivity index (χ0) is 27.5. The van der Waals surface area contributed by atoms with E-state index in [-0.39, 0.29) is 40.3 Å². The molecule has 5 nitrogen and oxygen atoms in total. The average Bonchev–Trinajstić information content (AvgIpc) is 2.81. The Morgan fingerprint density at radius 2 is 1.43 bits per heavy atom. The summed E-state index contributed by atoms with van der Waals surface area (Å²) in [5.41, 5.74) is 7.93. The molecule has 0 aliphatic carbocycles. The molecule has 3 rings (SSSR count). The van der Waals surface area contributed by atoms with Crippen LogP contribution in [-0.2, 0) is 17.1 Å². The number of halogens is 6. The molecule has 0 amide bonds. The van der Waals surface area contributed by atoms with Gasteiger partial charge in [-0.25, -0.2) is 0 Å². The molecule has 1 atom stereocenters. The molecule has 0 spiro atoms. The Morgan fingerprint density at radius 3 is 1.95 bits per heavy atom. The minimum atomic E-state index is -4.70. The second-order valence-electron chi connectivity index (χ2n) is 8.82. The molecule has 0 aliphatic heterocycles. The van der Waals surface area contributed by atoms with Gasteiger partial charge >= 0.3 is 18.3 Å². The van der Waals surface area contributed by atoms with Gasteiger partial charge in [0.2, 0.25) is 0 Å². The van der Waals surface area contributed by atoms with Gasteiger partial charge < -0.3 is 5.11 Å². The number of hydrogen-bond acceptors (Lipinski definition) is 2. The van der Waals surface area contributed by atoms with E-state index >= 15 is 0 Å². The number of aliphatic carboxylic acids is 1. The Morgan fingerprint density at radius 1 is 0.865 bits per heavy atom. The molecule has 0 fully saturated rings. The highest BCUT2D eigenvalue weighted by atomic mass is 19.4. The zero-order valence-corrected chi connectivity index (χ0v) is 19.6. The Bertz CT molecular complexity index is 1340. The molecule has 1 unspecified atom stereocenters. The van der Waals surface area contributed by atoms with Crippen molar-refractivity contribution >= 4 is 11.7 Å². The van der Waals surface area contributed by atoms with Crippen molar-refractivity contribution in [2.24, 2.45) is 11.0 Å². The fraction of sp³-hybridized carbons (Fsp3) is 0.269. The lowest BCUT2D eigenvalue weighted by Crippen LogP contribution is -2.14. The number of benzene rings is 3. The van der Waals surface area contributed by atoms with Crippen LogP contribution in [0.5, 0.6) is 0 Å². The van der Waals surface area contributed by atoms with Crippen molar-refractivity contribution in [2.45, 2.75) is 38.5 Å². The van der Waals surface area contributed by atoms with Crippen molar-refractivity contribution in [3.05, 3.63) is 87.8 Å². The Balaban J connectivity index is 2.29. The lowest BCUT2D eigenvalue weighted by atomic mass is 9.85. The first-order valence-electron chi connectivity index (χ1n) is 11.0. The van der Waals surface area contributed by atoms with Crippen molar-refractivity contribution in [3.63, 3.8) is 0 Å². The first-order chi connectivity index (χ1) is 17.2. The minimum Gasteiger partial charge on any atom is -0.481 e. The first-order valence-corrected chi connectivity index (χ1v) is 11.0. The Hall–Kier alpha value is -3.98. The van der Waals surface area contributed by atoms with Crippen LogP contribution in [0.2, 0.25) is 0 Å². The van der Waals surface area contributed by atoms with E-state index in [9.17, 15) is 36.2 Å². The molecule has 0 saturated carbocycles. The van der Waals surface area contributed by atoms with Gasteiger partial charge in [0.1, 0.15) is 0 Å². The second-order valence-corrected chi connectivity index (χ2v) is 8.82. The van der Waals surface area contributed by atoms with E-state index in [1.165, 1.54) is 30.3 Å². The topological polar surface area (TPSA) is 86.1 Å². The van der Waals surface area contributed by atoms with Gasteiger partial charge in [0.05, 0.1) is 17.0 Å².